The molecule has 0 aromatic carbocycles. The number of carbonyl (C=O) groups excluding carboxylic acids is 2. The highest BCUT2D eigenvalue weighted by atomic mass is 19.4. The van der Waals surface area contributed by atoms with Crippen molar-refractivity contribution in [1.82, 2.24) is 30.3 Å². The first kappa shape index (κ1) is 26.4. The van der Waals surface area contributed by atoms with Crippen molar-refractivity contribution < 1.29 is 31.9 Å². The van der Waals surface area contributed by atoms with Crippen LogP contribution in [0.2, 0.25) is 0 Å². The fraction of sp³-hybridized carbons (Fsp3) is 0.600. The van der Waals surface area contributed by atoms with E-state index in [0.29, 0.717) is 25.1 Å². The first-order valence-corrected chi connectivity index (χ1v) is 12.7. The molecule has 0 bridgehead atoms. The van der Waals surface area contributed by atoms with Crippen LogP contribution in [0.5, 0.6) is 5.88 Å². The highest BCUT2D eigenvalue weighted by Crippen LogP contribution is 2.50. The molecular weight excluding hydrogens is 508 g/mol. The minimum Gasteiger partial charge on any atom is -0.481 e. The maximum atomic E-state index is 14.3. The van der Waals surface area contributed by atoms with Crippen LogP contribution in [0.15, 0.2) is 18.3 Å². The summed E-state index contributed by atoms with van der Waals surface area (Å²) in [6, 6.07) is 1.08. The molecule has 3 aliphatic rings. The predicted molar refractivity (Wildman–Crippen MR) is 128 cm³/mol. The standard InChI is InChI=1S/C25H30F4N6O3/c1-34-13-15(3-4-20(34)25(27,28)29)31-22(36)14-5-8-35(24(11-14)6-7-24)23(37)19-10-18(32-33-19)16-9-21(38-2)30-12-17(16)26/h9-10,12,14-15,20H,3-8,11,13H2,1-2H3,(H,31,36)(H,32,33)/t14-,15+,20-/m0/s1. The number of carbonyl (C=O) groups is 2. The van der Waals surface area contributed by atoms with Crippen LogP contribution in [0.3, 0.4) is 0 Å². The lowest BCUT2D eigenvalue weighted by Crippen LogP contribution is -2.56. The van der Waals surface area contributed by atoms with E-state index in [1.807, 2.05) is 0 Å². The largest absolute Gasteiger partial charge is 0.481 e. The second-order valence-electron chi connectivity index (χ2n) is 10.5. The number of hydrogen-bond acceptors (Lipinski definition) is 6. The average molecular weight is 539 g/mol. The van der Waals surface area contributed by atoms with Gasteiger partial charge in [0.1, 0.15) is 6.04 Å². The topological polar surface area (TPSA) is 103 Å². The van der Waals surface area contributed by atoms with Crippen molar-refractivity contribution >= 4 is 11.8 Å². The minimum absolute atomic E-state index is 0.0519. The number of rotatable bonds is 5. The zero-order chi connectivity index (χ0) is 27.2. The van der Waals surface area contributed by atoms with Crippen LogP contribution in [-0.4, -0.2) is 87.8 Å². The highest BCUT2D eigenvalue weighted by Gasteiger charge is 2.55. The van der Waals surface area contributed by atoms with Gasteiger partial charge in [-0.25, -0.2) is 9.37 Å². The van der Waals surface area contributed by atoms with E-state index < -0.39 is 23.6 Å². The Balaban J connectivity index is 1.21. The molecule has 2 aromatic heterocycles. The van der Waals surface area contributed by atoms with E-state index >= 15 is 0 Å². The number of pyridine rings is 1. The molecule has 2 amide bonds. The van der Waals surface area contributed by atoms with Gasteiger partial charge < -0.3 is 15.0 Å². The lowest BCUT2D eigenvalue weighted by molar-refractivity contribution is -0.188. The van der Waals surface area contributed by atoms with Gasteiger partial charge in [0.05, 0.1) is 19.0 Å². The van der Waals surface area contributed by atoms with Crippen LogP contribution in [0, 0.1) is 11.7 Å². The normalized spacial score (nSPS) is 25.3. The Bertz CT molecular complexity index is 1210. The second-order valence-corrected chi connectivity index (χ2v) is 10.5. The molecule has 1 saturated carbocycles. The molecule has 9 nitrogen and oxygen atoms in total. The number of H-pyrrole nitrogens is 1. The van der Waals surface area contributed by atoms with Crippen LogP contribution in [0.25, 0.3) is 11.3 Å². The third-order valence-electron chi connectivity index (χ3n) is 8.02. The Kier molecular flexibility index (Phi) is 6.82. The van der Waals surface area contributed by atoms with Gasteiger partial charge in [0.2, 0.25) is 11.8 Å². The van der Waals surface area contributed by atoms with Crippen molar-refractivity contribution in [3.05, 3.63) is 29.8 Å². The number of aromatic amines is 1. The number of ether oxygens (including phenoxy) is 1. The number of likely N-dealkylation sites (tertiary alicyclic amines) is 2. The molecule has 2 N–H and O–H groups in total. The molecule has 38 heavy (non-hydrogen) atoms. The SMILES string of the molecule is COc1cc(-c2cc(C(=O)N3CC[C@H](C(=O)N[C@@H]4CC[C@@H](C(F)(F)F)N(C)C4)CC34CC4)n[nH]2)c(F)cn1. The summed E-state index contributed by atoms with van der Waals surface area (Å²) in [5.74, 6) is -1.15. The zero-order valence-electron chi connectivity index (χ0n) is 21.1. The number of alkyl halides is 3. The van der Waals surface area contributed by atoms with E-state index in [1.165, 1.54) is 31.2 Å². The first-order valence-electron chi connectivity index (χ1n) is 12.7. The summed E-state index contributed by atoms with van der Waals surface area (Å²) in [6.45, 7) is 0.501. The number of halogens is 4. The number of likely N-dealkylation sites (N-methyl/N-ethyl adjacent to an activating group) is 1. The third kappa shape index (κ3) is 5.07. The Morgan fingerprint density at radius 3 is 2.63 bits per heavy atom. The molecule has 5 rings (SSSR count). The maximum Gasteiger partial charge on any atom is 0.404 e. The summed E-state index contributed by atoms with van der Waals surface area (Å²) in [7, 11) is 2.85. The van der Waals surface area contributed by atoms with Gasteiger partial charge in [0.25, 0.3) is 5.91 Å². The fourth-order valence-electron chi connectivity index (χ4n) is 5.79. The van der Waals surface area contributed by atoms with Gasteiger partial charge in [-0.2, -0.15) is 18.3 Å². The summed E-state index contributed by atoms with van der Waals surface area (Å²) in [5.41, 5.74) is 0.200. The number of hydrogen-bond donors (Lipinski definition) is 2. The molecule has 1 spiro atoms. The van der Waals surface area contributed by atoms with Gasteiger partial charge in [0.15, 0.2) is 11.5 Å². The molecule has 206 valence electrons. The van der Waals surface area contributed by atoms with Gasteiger partial charge in [-0.05, 0) is 51.6 Å². The van der Waals surface area contributed by atoms with Gasteiger partial charge in [-0.1, -0.05) is 0 Å². The van der Waals surface area contributed by atoms with Crippen LogP contribution in [-0.2, 0) is 4.79 Å². The number of methoxy groups -OCH3 is 1. The van der Waals surface area contributed by atoms with Gasteiger partial charge in [-0.15, -0.1) is 0 Å². The molecule has 2 aromatic rings. The molecular formula is C25H30F4N6O3. The summed E-state index contributed by atoms with van der Waals surface area (Å²) < 4.78 is 58.8. The van der Waals surface area contributed by atoms with Gasteiger partial charge in [0, 0.05) is 42.2 Å². The van der Waals surface area contributed by atoms with Crippen LogP contribution in [0.4, 0.5) is 17.6 Å². The Morgan fingerprint density at radius 2 is 1.97 bits per heavy atom. The van der Waals surface area contributed by atoms with E-state index in [-0.39, 0.29) is 60.3 Å². The number of nitrogens with one attached hydrogen (secondary N) is 2. The summed E-state index contributed by atoms with van der Waals surface area (Å²) in [5, 5.41) is 9.77. The molecule has 0 unspecified atom stereocenters. The van der Waals surface area contributed by atoms with Gasteiger partial charge >= 0.3 is 6.18 Å². The van der Waals surface area contributed by atoms with E-state index in [0.717, 1.165) is 19.0 Å². The number of piperidine rings is 2. The summed E-state index contributed by atoms with van der Waals surface area (Å²) in [6.07, 6.45) is -0.573. The smallest absolute Gasteiger partial charge is 0.404 e. The molecule has 2 aliphatic heterocycles. The van der Waals surface area contributed by atoms with Crippen molar-refractivity contribution in [3.8, 4) is 17.1 Å². The van der Waals surface area contributed by atoms with Crippen molar-refractivity contribution in [1.29, 1.82) is 0 Å². The zero-order valence-corrected chi connectivity index (χ0v) is 21.1. The van der Waals surface area contributed by atoms with E-state index in [1.54, 1.807) is 4.90 Å². The van der Waals surface area contributed by atoms with Crippen LogP contribution in [0.1, 0.15) is 49.0 Å². The molecule has 13 heteroatoms. The monoisotopic (exact) mass is 538 g/mol. The second kappa shape index (κ2) is 9.83. The van der Waals surface area contributed by atoms with Crippen molar-refractivity contribution in [3.63, 3.8) is 0 Å². The van der Waals surface area contributed by atoms with E-state index in [9.17, 15) is 27.2 Å². The predicted octanol–water partition coefficient (Wildman–Crippen LogP) is 3.15. The fourth-order valence-corrected chi connectivity index (χ4v) is 5.79. The number of aromatic nitrogens is 3. The third-order valence-corrected chi connectivity index (χ3v) is 8.02. The van der Waals surface area contributed by atoms with E-state index in [4.69, 9.17) is 4.74 Å². The van der Waals surface area contributed by atoms with Crippen LogP contribution < -0.4 is 10.1 Å². The number of nitrogens with zero attached hydrogens (tertiary/aromatic N) is 4. The number of amides is 2. The minimum atomic E-state index is -4.28. The highest BCUT2D eigenvalue weighted by molar-refractivity contribution is 5.94. The lowest BCUT2D eigenvalue weighted by Gasteiger charge is -2.41. The summed E-state index contributed by atoms with van der Waals surface area (Å²) in [4.78, 5) is 33.2. The molecule has 3 atom stereocenters. The molecule has 4 heterocycles. The Labute approximate surface area is 216 Å². The molecule has 3 fully saturated rings. The lowest BCUT2D eigenvalue weighted by atomic mass is 9.87. The summed E-state index contributed by atoms with van der Waals surface area (Å²) >= 11 is 0. The van der Waals surface area contributed by atoms with Crippen molar-refractivity contribution in [2.45, 2.75) is 62.3 Å². The Morgan fingerprint density at radius 1 is 1.21 bits per heavy atom. The van der Waals surface area contributed by atoms with Crippen LogP contribution >= 0.6 is 0 Å². The molecule has 2 saturated heterocycles. The van der Waals surface area contributed by atoms with Crippen molar-refractivity contribution in [2.24, 2.45) is 5.92 Å². The molecule has 1 aliphatic carbocycles. The quantitative estimate of drug-likeness (QED) is 0.567. The van der Waals surface area contributed by atoms with Crippen molar-refractivity contribution in [2.75, 3.05) is 27.2 Å². The maximum absolute atomic E-state index is 14.3. The van der Waals surface area contributed by atoms with E-state index in [2.05, 4.69) is 20.5 Å². The first-order chi connectivity index (χ1) is 18.0. The van der Waals surface area contributed by atoms with Gasteiger partial charge in [-0.3, -0.25) is 19.6 Å². The Hall–Kier alpha value is -3.22. The molecule has 0 radical (unpaired) electrons. The average Bonchev–Trinajstić information content (AvgIpc) is 3.44.